The predicted molar refractivity (Wildman–Crippen MR) is 78.6 cm³/mol. The molecular weight excluding hydrogens is 367 g/mol. The number of rotatable bonds is 3. The van der Waals surface area contributed by atoms with Crippen LogP contribution in [0.1, 0.15) is 6.42 Å². The number of hydrogen-bond acceptors (Lipinski definition) is 2. The van der Waals surface area contributed by atoms with E-state index in [9.17, 15) is 4.79 Å². The molecule has 1 aromatic carbocycles. The van der Waals surface area contributed by atoms with Crippen LogP contribution in [0.15, 0.2) is 23.3 Å². The molecule has 1 aromatic rings. The van der Waals surface area contributed by atoms with Crippen molar-refractivity contribution in [1.82, 2.24) is 0 Å². The van der Waals surface area contributed by atoms with Gasteiger partial charge in [-0.3, -0.25) is 4.79 Å². The lowest BCUT2D eigenvalue weighted by atomic mass is 10.1. The fraction of sp³-hybridized carbons (Fsp3) is 0.364. The summed E-state index contributed by atoms with van der Waals surface area (Å²) in [6.45, 7) is 0.957. The molecular formula is C11H10ClIN4O. The van der Waals surface area contributed by atoms with Gasteiger partial charge in [-0.1, -0.05) is 16.7 Å². The van der Waals surface area contributed by atoms with Gasteiger partial charge in [-0.15, -0.1) is 0 Å². The van der Waals surface area contributed by atoms with Crippen LogP contribution in [0, 0.1) is 9.49 Å². The Morgan fingerprint density at radius 2 is 2.39 bits per heavy atom. The van der Waals surface area contributed by atoms with Crippen molar-refractivity contribution in [3.63, 3.8) is 0 Å². The molecule has 1 atom stereocenters. The van der Waals surface area contributed by atoms with E-state index in [2.05, 4.69) is 32.6 Å². The normalized spacial score (nSPS) is 18.9. The largest absolute Gasteiger partial charge is 0.312 e. The van der Waals surface area contributed by atoms with Gasteiger partial charge < -0.3 is 4.90 Å². The average molecular weight is 377 g/mol. The smallest absolute Gasteiger partial charge is 0.227 e. The molecule has 1 heterocycles. The van der Waals surface area contributed by atoms with E-state index in [0.717, 1.165) is 9.26 Å². The monoisotopic (exact) mass is 376 g/mol. The second-order valence-electron chi connectivity index (χ2n) is 4.09. The summed E-state index contributed by atoms with van der Waals surface area (Å²) in [5, 5.41) is 4.20. The lowest BCUT2D eigenvalue weighted by molar-refractivity contribution is -0.117. The number of carbonyl (C=O) groups is 1. The summed E-state index contributed by atoms with van der Waals surface area (Å²) in [6.07, 6.45) is 0.429. The molecule has 0 saturated carbocycles. The lowest BCUT2D eigenvalue weighted by Gasteiger charge is -2.17. The number of anilines is 1. The summed E-state index contributed by atoms with van der Waals surface area (Å²) in [5.74, 6) is 0.160. The molecule has 0 aromatic heterocycles. The van der Waals surface area contributed by atoms with Gasteiger partial charge in [0.25, 0.3) is 0 Å². The second kappa shape index (κ2) is 5.77. The van der Waals surface area contributed by atoms with Gasteiger partial charge in [-0.25, -0.2) is 0 Å². The van der Waals surface area contributed by atoms with Crippen molar-refractivity contribution in [2.24, 2.45) is 11.0 Å². The Kier molecular flexibility index (Phi) is 4.31. The molecule has 0 bridgehead atoms. The Morgan fingerprint density at radius 1 is 1.61 bits per heavy atom. The third-order valence-corrected chi connectivity index (χ3v) is 4.36. The molecule has 1 aliphatic heterocycles. The van der Waals surface area contributed by atoms with Crippen molar-refractivity contribution in [3.05, 3.63) is 37.2 Å². The molecule has 1 amide bonds. The highest BCUT2D eigenvalue weighted by Crippen LogP contribution is 2.29. The molecule has 0 aliphatic carbocycles. The Morgan fingerprint density at radius 3 is 3.06 bits per heavy atom. The van der Waals surface area contributed by atoms with E-state index in [1.165, 1.54) is 0 Å². The zero-order valence-electron chi connectivity index (χ0n) is 9.38. The Labute approximate surface area is 123 Å². The molecule has 0 radical (unpaired) electrons. The van der Waals surface area contributed by atoms with E-state index >= 15 is 0 Å². The van der Waals surface area contributed by atoms with Crippen molar-refractivity contribution in [3.8, 4) is 0 Å². The quantitative estimate of drug-likeness (QED) is 0.344. The molecule has 1 saturated heterocycles. The zero-order valence-corrected chi connectivity index (χ0v) is 12.3. The van der Waals surface area contributed by atoms with Crippen LogP contribution in [0.3, 0.4) is 0 Å². The number of azide groups is 1. The van der Waals surface area contributed by atoms with E-state index in [4.69, 9.17) is 17.1 Å². The number of hydrogen-bond donors (Lipinski definition) is 0. The zero-order chi connectivity index (χ0) is 13.1. The minimum absolute atomic E-state index is 0.0614. The highest BCUT2D eigenvalue weighted by atomic mass is 127. The van der Waals surface area contributed by atoms with E-state index < -0.39 is 0 Å². The summed E-state index contributed by atoms with van der Waals surface area (Å²) in [6, 6.07) is 5.50. The maximum absolute atomic E-state index is 11.9. The van der Waals surface area contributed by atoms with Crippen molar-refractivity contribution >= 4 is 45.8 Å². The number of nitrogens with zero attached hydrogens (tertiary/aromatic N) is 4. The maximum Gasteiger partial charge on any atom is 0.227 e. The van der Waals surface area contributed by atoms with Crippen molar-refractivity contribution < 1.29 is 4.79 Å². The highest BCUT2D eigenvalue weighted by molar-refractivity contribution is 14.1. The first-order chi connectivity index (χ1) is 8.61. The van der Waals surface area contributed by atoms with Crippen LogP contribution in [-0.2, 0) is 4.79 Å². The Bertz CT molecular complexity index is 530. The van der Waals surface area contributed by atoms with Gasteiger partial charge >= 0.3 is 0 Å². The number of halogens is 2. The third kappa shape index (κ3) is 2.88. The minimum atomic E-state index is 0.0614. The van der Waals surface area contributed by atoms with Crippen LogP contribution in [-0.4, -0.2) is 19.0 Å². The van der Waals surface area contributed by atoms with Crippen LogP contribution < -0.4 is 4.90 Å². The van der Waals surface area contributed by atoms with Crippen molar-refractivity contribution in [2.45, 2.75) is 6.42 Å². The fourth-order valence-electron chi connectivity index (χ4n) is 1.96. The van der Waals surface area contributed by atoms with E-state index in [0.29, 0.717) is 24.5 Å². The van der Waals surface area contributed by atoms with Crippen molar-refractivity contribution in [2.75, 3.05) is 18.0 Å². The molecule has 1 fully saturated rings. The van der Waals surface area contributed by atoms with Crippen LogP contribution in [0.4, 0.5) is 5.69 Å². The highest BCUT2D eigenvalue weighted by Gasteiger charge is 2.30. The minimum Gasteiger partial charge on any atom is -0.312 e. The predicted octanol–water partition coefficient (Wildman–Crippen LogP) is 3.61. The molecule has 1 aliphatic rings. The van der Waals surface area contributed by atoms with Crippen LogP contribution >= 0.6 is 34.2 Å². The lowest BCUT2D eigenvalue weighted by Crippen LogP contribution is -2.24. The SMILES string of the molecule is [N-]=[N+]=NCC1CC(=O)N(c2ccc(Cl)c(I)c2)C1. The average Bonchev–Trinajstić information content (AvgIpc) is 2.71. The summed E-state index contributed by atoms with van der Waals surface area (Å²) in [5.41, 5.74) is 9.13. The summed E-state index contributed by atoms with van der Waals surface area (Å²) in [4.78, 5) is 16.3. The first kappa shape index (κ1) is 13.5. The van der Waals surface area contributed by atoms with Crippen molar-refractivity contribution in [1.29, 1.82) is 0 Å². The number of amides is 1. The van der Waals surface area contributed by atoms with E-state index in [1.807, 2.05) is 12.1 Å². The molecule has 1 unspecified atom stereocenters. The van der Waals surface area contributed by atoms with Gasteiger partial charge in [0.1, 0.15) is 0 Å². The Balaban J connectivity index is 2.16. The molecule has 18 heavy (non-hydrogen) atoms. The fourth-order valence-corrected chi connectivity index (χ4v) is 2.57. The molecule has 0 spiro atoms. The van der Waals surface area contributed by atoms with Gasteiger partial charge in [0.2, 0.25) is 5.91 Å². The first-order valence-electron chi connectivity index (χ1n) is 5.38. The van der Waals surface area contributed by atoms with Crippen LogP contribution in [0.2, 0.25) is 5.02 Å². The standard InChI is InChI=1S/C11H10ClIN4O/c12-9-2-1-8(4-10(9)13)17-6-7(3-11(17)18)5-15-16-14/h1-2,4,7H,3,5-6H2. The second-order valence-corrected chi connectivity index (χ2v) is 5.66. The van der Waals surface area contributed by atoms with E-state index in [-0.39, 0.29) is 11.8 Å². The third-order valence-electron chi connectivity index (χ3n) is 2.82. The summed E-state index contributed by atoms with van der Waals surface area (Å²) >= 11 is 8.09. The van der Waals surface area contributed by atoms with Gasteiger partial charge in [-0.2, -0.15) is 0 Å². The summed E-state index contributed by atoms with van der Waals surface area (Å²) in [7, 11) is 0. The van der Waals surface area contributed by atoms with Crippen LogP contribution in [0.25, 0.3) is 10.4 Å². The van der Waals surface area contributed by atoms with Gasteiger partial charge in [0.05, 0.1) is 5.02 Å². The molecule has 94 valence electrons. The van der Waals surface area contributed by atoms with Gasteiger partial charge in [0.15, 0.2) is 0 Å². The molecule has 0 N–H and O–H groups in total. The molecule has 5 nitrogen and oxygen atoms in total. The van der Waals surface area contributed by atoms with Gasteiger partial charge in [-0.05, 0) is 52.2 Å². The van der Waals surface area contributed by atoms with Gasteiger partial charge in [0, 0.05) is 33.7 Å². The Hall–Kier alpha value is -0.980. The topological polar surface area (TPSA) is 69.1 Å². The number of benzene rings is 1. The summed E-state index contributed by atoms with van der Waals surface area (Å²) < 4.78 is 0.915. The number of carbonyl (C=O) groups excluding carboxylic acids is 1. The first-order valence-corrected chi connectivity index (χ1v) is 6.83. The molecule has 2 rings (SSSR count). The molecule has 7 heteroatoms. The van der Waals surface area contributed by atoms with E-state index in [1.54, 1.807) is 11.0 Å². The van der Waals surface area contributed by atoms with Crippen LogP contribution in [0.5, 0.6) is 0 Å². The maximum atomic E-state index is 11.9.